The Hall–Kier alpha value is -3.05. The molecule has 2 aromatic rings. The summed E-state index contributed by atoms with van der Waals surface area (Å²) < 4.78 is 29.3. The molecule has 0 atom stereocenters. The summed E-state index contributed by atoms with van der Waals surface area (Å²) in [5.41, 5.74) is 4.98. The number of sulfone groups is 1. The van der Waals surface area contributed by atoms with E-state index in [4.69, 9.17) is 10.00 Å². The van der Waals surface area contributed by atoms with E-state index in [1.165, 1.54) is 0 Å². The third kappa shape index (κ3) is 4.73. The highest BCUT2D eigenvalue weighted by molar-refractivity contribution is 7.91. The molecule has 0 spiro atoms. The fourth-order valence-electron chi connectivity index (χ4n) is 4.09. The number of carbonyl (C=O) groups excluding carboxylic acids is 1. The molecule has 0 saturated carbocycles. The summed E-state index contributed by atoms with van der Waals surface area (Å²) in [5, 5.41) is 9.14. The molecule has 7 nitrogen and oxygen atoms in total. The van der Waals surface area contributed by atoms with Crippen molar-refractivity contribution >= 4 is 21.6 Å². The van der Waals surface area contributed by atoms with Crippen molar-refractivity contribution in [3.8, 4) is 17.2 Å². The Morgan fingerprint density at radius 3 is 2.31 bits per heavy atom. The van der Waals surface area contributed by atoms with Crippen molar-refractivity contribution in [2.45, 2.75) is 39.5 Å². The third-order valence-electron chi connectivity index (χ3n) is 5.72. The van der Waals surface area contributed by atoms with Crippen LogP contribution in [0.1, 0.15) is 37.5 Å². The lowest BCUT2D eigenvalue weighted by Gasteiger charge is -2.29. The van der Waals surface area contributed by atoms with Crippen LogP contribution in [-0.4, -0.2) is 49.6 Å². The molecule has 0 aromatic heterocycles. The van der Waals surface area contributed by atoms with Gasteiger partial charge in [0.25, 0.3) is 0 Å². The lowest BCUT2D eigenvalue weighted by molar-refractivity contribution is 0.0242. The van der Waals surface area contributed by atoms with Crippen LogP contribution in [0.2, 0.25) is 0 Å². The molecule has 0 aliphatic carbocycles. The second-order valence-corrected chi connectivity index (χ2v) is 11.6. The van der Waals surface area contributed by atoms with Gasteiger partial charge < -0.3 is 9.64 Å². The normalized spacial score (nSPS) is 17.6. The van der Waals surface area contributed by atoms with Crippen LogP contribution < -0.4 is 4.90 Å². The maximum atomic E-state index is 12.7. The van der Waals surface area contributed by atoms with E-state index in [2.05, 4.69) is 23.1 Å². The molecule has 1 fully saturated rings. The first-order valence-electron chi connectivity index (χ1n) is 10.6. The van der Waals surface area contributed by atoms with Crippen molar-refractivity contribution in [1.29, 1.82) is 5.26 Å². The molecule has 2 heterocycles. The monoisotopic (exact) mass is 453 g/mol. The van der Waals surface area contributed by atoms with Crippen molar-refractivity contribution in [3.05, 3.63) is 53.1 Å². The molecule has 0 N–H and O–H groups in total. The van der Waals surface area contributed by atoms with Gasteiger partial charge >= 0.3 is 6.09 Å². The second kappa shape index (κ2) is 8.14. The van der Waals surface area contributed by atoms with Gasteiger partial charge in [-0.15, -0.1) is 0 Å². The maximum absolute atomic E-state index is 12.7. The Morgan fingerprint density at radius 1 is 1.06 bits per heavy atom. The van der Waals surface area contributed by atoms with E-state index in [1.807, 2.05) is 32.9 Å². The molecule has 2 aliphatic rings. The summed E-state index contributed by atoms with van der Waals surface area (Å²) in [6.07, 6.45) is -0.356. The minimum atomic E-state index is -2.98. The number of fused-ring (bicyclic) bond motifs is 1. The molecule has 168 valence electrons. The summed E-state index contributed by atoms with van der Waals surface area (Å²) in [6.45, 7) is 7.31. The van der Waals surface area contributed by atoms with Crippen LogP contribution in [0.25, 0.3) is 11.1 Å². The zero-order valence-electron chi connectivity index (χ0n) is 18.6. The van der Waals surface area contributed by atoms with Gasteiger partial charge in [-0.05, 0) is 67.3 Å². The van der Waals surface area contributed by atoms with Gasteiger partial charge in [-0.2, -0.15) is 5.26 Å². The molecule has 2 aromatic carbocycles. The Labute approximate surface area is 189 Å². The van der Waals surface area contributed by atoms with E-state index in [9.17, 15) is 13.2 Å². The third-order valence-corrected chi connectivity index (χ3v) is 7.33. The molecular weight excluding hydrogens is 426 g/mol. The van der Waals surface area contributed by atoms with Crippen molar-refractivity contribution < 1.29 is 17.9 Å². The van der Waals surface area contributed by atoms with Crippen LogP contribution in [0, 0.1) is 11.3 Å². The number of amides is 1. The average Bonchev–Trinajstić information content (AvgIpc) is 3.16. The van der Waals surface area contributed by atoms with Crippen LogP contribution in [0.15, 0.2) is 36.4 Å². The number of nitrogens with zero attached hydrogens (tertiary/aromatic N) is 3. The van der Waals surface area contributed by atoms with Gasteiger partial charge in [0, 0.05) is 25.3 Å². The van der Waals surface area contributed by atoms with Crippen molar-refractivity contribution in [1.82, 2.24) is 4.90 Å². The number of ether oxygens (including phenoxy) is 1. The number of anilines is 1. The minimum absolute atomic E-state index is 0.139. The molecule has 1 amide bonds. The smallest absolute Gasteiger partial charge is 0.410 e. The summed E-state index contributed by atoms with van der Waals surface area (Å²) in [7, 11) is -2.98. The van der Waals surface area contributed by atoms with E-state index < -0.39 is 15.4 Å². The summed E-state index contributed by atoms with van der Waals surface area (Å²) >= 11 is 0. The van der Waals surface area contributed by atoms with Crippen LogP contribution in [0.3, 0.4) is 0 Å². The lowest BCUT2D eigenvalue weighted by atomic mass is 9.95. The van der Waals surface area contributed by atoms with Crippen molar-refractivity contribution in [3.63, 3.8) is 0 Å². The average molecular weight is 454 g/mol. The van der Waals surface area contributed by atoms with Gasteiger partial charge in [-0.1, -0.05) is 12.1 Å². The Morgan fingerprint density at radius 2 is 1.72 bits per heavy atom. The molecule has 4 rings (SSSR count). The SMILES string of the molecule is CC(C)(C)OC(=O)N1Cc2cc(N3CCS(=O)(=O)CC3)cc(-c3ccc(C#N)cc3)c2C1. The number of benzene rings is 2. The second-order valence-electron chi connectivity index (χ2n) is 9.30. The molecule has 0 bridgehead atoms. The largest absolute Gasteiger partial charge is 0.444 e. The zero-order valence-corrected chi connectivity index (χ0v) is 19.4. The predicted octanol–water partition coefficient (Wildman–Crippen LogP) is 3.71. The van der Waals surface area contributed by atoms with E-state index in [-0.39, 0.29) is 17.6 Å². The molecule has 8 heteroatoms. The quantitative estimate of drug-likeness (QED) is 0.689. The highest BCUT2D eigenvalue weighted by atomic mass is 32.2. The number of rotatable bonds is 2. The van der Waals surface area contributed by atoms with Gasteiger partial charge in [0.05, 0.1) is 29.7 Å². The highest BCUT2D eigenvalue weighted by Crippen LogP contribution is 2.37. The van der Waals surface area contributed by atoms with Gasteiger partial charge in [0.2, 0.25) is 0 Å². The van der Waals surface area contributed by atoms with Crippen molar-refractivity contribution in [2.24, 2.45) is 0 Å². The predicted molar refractivity (Wildman–Crippen MR) is 123 cm³/mol. The molecule has 32 heavy (non-hydrogen) atoms. The van der Waals surface area contributed by atoms with Crippen molar-refractivity contribution in [2.75, 3.05) is 29.5 Å². The van der Waals surface area contributed by atoms with E-state index >= 15 is 0 Å². The molecule has 1 saturated heterocycles. The molecule has 0 radical (unpaired) electrons. The van der Waals surface area contributed by atoms with E-state index in [0.717, 1.165) is 27.9 Å². The highest BCUT2D eigenvalue weighted by Gasteiger charge is 2.31. The van der Waals surface area contributed by atoms with E-state index in [0.29, 0.717) is 31.7 Å². The van der Waals surface area contributed by atoms with Gasteiger partial charge in [0.1, 0.15) is 5.60 Å². The first-order chi connectivity index (χ1) is 15.0. The van der Waals surface area contributed by atoms with Gasteiger partial charge in [0.15, 0.2) is 9.84 Å². The minimum Gasteiger partial charge on any atom is -0.444 e. The molecule has 2 aliphatic heterocycles. The number of hydrogen-bond donors (Lipinski definition) is 0. The van der Waals surface area contributed by atoms with Gasteiger partial charge in [-0.3, -0.25) is 4.90 Å². The number of nitriles is 1. The standard InChI is InChI=1S/C24H27N3O4S/c1-24(2,3)31-23(28)27-15-19-12-20(26-8-10-32(29,30)11-9-26)13-21(22(19)16-27)18-6-4-17(14-25)5-7-18/h4-7,12-13H,8-11,15-16H2,1-3H3. The van der Waals surface area contributed by atoms with Crippen LogP contribution in [0.4, 0.5) is 10.5 Å². The fraction of sp³-hybridized carbons (Fsp3) is 0.417. The first kappa shape index (κ1) is 22.2. The topological polar surface area (TPSA) is 90.7 Å². The summed E-state index contributed by atoms with van der Waals surface area (Å²) in [5.74, 6) is 0.278. The Bertz CT molecular complexity index is 1180. The Balaban J connectivity index is 1.71. The van der Waals surface area contributed by atoms with Crippen LogP contribution in [-0.2, 0) is 27.7 Å². The van der Waals surface area contributed by atoms with Crippen LogP contribution in [0.5, 0.6) is 0 Å². The molecule has 0 unspecified atom stereocenters. The van der Waals surface area contributed by atoms with Gasteiger partial charge in [-0.25, -0.2) is 13.2 Å². The Kier molecular flexibility index (Phi) is 5.63. The zero-order chi connectivity index (χ0) is 23.1. The first-order valence-corrected chi connectivity index (χ1v) is 12.5. The maximum Gasteiger partial charge on any atom is 0.410 e. The molecular formula is C24H27N3O4S. The number of hydrogen-bond acceptors (Lipinski definition) is 6. The summed E-state index contributed by atoms with van der Waals surface area (Å²) in [6, 6.07) is 13.6. The fourth-order valence-corrected chi connectivity index (χ4v) is 5.29. The van der Waals surface area contributed by atoms with Crippen LogP contribution >= 0.6 is 0 Å². The van der Waals surface area contributed by atoms with E-state index in [1.54, 1.807) is 17.0 Å². The summed E-state index contributed by atoms with van der Waals surface area (Å²) in [4.78, 5) is 16.5. The number of carbonyl (C=O) groups is 1. The lowest BCUT2D eigenvalue weighted by Crippen LogP contribution is -2.40.